The van der Waals surface area contributed by atoms with Crippen LogP contribution in [0.1, 0.15) is 19.4 Å². The molecule has 1 aromatic carbocycles. The molecule has 1 aromatic heterocycles. The molecule has 0 aliphatic carbocycles. The Labute approximate surface area is 133 Å². The van der Waals surface area contributed by atoms with E-state index in [1.54, 1.807) is 32.2 Å². The summed E-state index contributed by atoms with van der Waals surface area (Å²) in [5.41, 5.74) is -0.306. The fraction of sp³-hybridized carbons (Fsp3) is 0.235. The number of hydrogen-bond acceptors (Lipinski definition) is 4. The lowest BCUT2D eigenvalue weighted by molar-refractivity contribution is -0.126. The monoisotopic (exact) mass is 313 g/mol. The van der Waals surface area contributed by atoms with E-state index in [4.69, 9.17) is 10.00 Å². The van der Waals surface area contributed by atoms with E-state index in [0.29, 0.717) is 11.6 Å². The number of amides is 1. The molecule has 6 heteroatoms. The van der Waals surface area contributed by atoms with E-state index >= 15 is 0 Å². The highest BCUT2D eigenvalue weighted by atomic mass is 19.1. The molecule has 0 aliphatic heterocycles. The minimum atomic E-state index is -1.08. The Morgan fingerprint density at radius 3 is 2.70 bits per heavy atom. The van der Waals surface area contributed by atoms with Crippen LogP contribution in [0, 0.1) is 22.6 Å². The highest BCUT2D eigenvalue weighted by Gasteiger charge is 2.26. The minimum absolute atomic E-state index is 0.256. The van der Waals surface area contributed by atoms with Crippen LogP contribution in [-0.4, -0.2) is 10.9 Å². The predicted molar refractivity (Wildman–Crippen MR) is 82.0 cm³/mol. The smallest absolute Gasteiger partial charge is 0.240 e. The number of halogens is 1. The summed E-state index contributed by atoms with van der Waals surface area (Å²) in [4.78, 5) is 15.9. The van der Waals surface area contributed by atoms with Gasteiger partial charge in [0.05, 0.1) is 6.07 Å². The van der Waals surface area contributed by atoms with E-state index in [1.165, 1.54) is 24.3 Å². The fourth-order valence-electron chi connectivity index (χ4n) is 1.69. The Balaban J connectivity index is 2.01. The second kappa shape index (κ2) is 6.88. The van der Waals surface area contributed by atoms with Gasteiger partial charge in [-0.2, -0.15) is 5.26 Å². The van der Waals surface area contributed by atoms with Crippen LogP contribution in [0.2, 0.25) is 0 Å². The third-order valence-electron chi connectivity index (χ3n) is 3.14. The predicted octanol–water partition coefficient (Wildman–Crippen LogP) is 3.18. The molecule has 2 rings (SSSR count). The third kappa shape index (κ3) is 4.51. The molecule has 0 fully saturated rings. The molecule has 2 aromatic rings. The molecule has 5 nitrogen and oxygen atoms in total. The van der Waals surface area contributed by atoms with Gasteiger partial charge in [-0.05, 0) is 49.7 Å². The van der Waals surface area contributed by atoms with Crippen LogP contribution < -0.4 is 10.1 Å². The maximum atomic E-state index is 12.9. The zero-order valence-corrected chi connectivity index (χ0v) is 12.8. The number of ether oxygens (including phenoxy) is 1. The summed E-state index contributed by atoms with van der Waals surface area (Å²) in [5, 5.41) is 11.6. The zero-order chi connectivity index (χ0) is 16.9. The fourth-order valence-corrected chi connectivity index (χ4v) is 1.69. The molecular formula is C17H16FN3O2. The van der Waals surface area contributed by atoms with Crippen molar-refractivity contribution in [2.75, 3.05) is 0 Å². The number of benzene rings is 1. The quantitative estimate of drug-likeness (QED) is 0.920. The van der Waals surface area contributed by atoms with Crippen LogP contribution in [0.3, 0.4) is 0 Å². The molecule has 0 atom stereocenters. The van der Waals surface area contributed by atoms with E-state index in [9.17, 15) is 9.18 Å². The molecule has 0 bridgehead atoms. The van der Waals surface area contributed by atoms with Gasteiger partial charge in [0.25, 0.3) is 0 Å². The van der Waals surface area contributed by atoms with Gasteiger partial charge in [-0.15, -0.1) is 0 Å². The standard InChI is InChI=1S/C17H16FN3O2/c1-17(2,11-19)16(22)21-10-12-7-8-20-15(9-12)23-14-5-3-13(18)4-6-14/h3-9H,10H2,1-2H3,(H,21,22). The van der Waals surface area contributed by atoms with Crippen LogP contribution in [0.15, 0.2) is 42.6 Å². The van der Waals surface area contributed by atoms with E-state index in [2.05, 4.69) is 10.3 Å². The largest absolute Gasteiger partial charge is 0.439 e. The number of hydrogen-bond donors (Lipinski definition) is 1. The third-order valence-corrected chi connectivity index (χ3v) is 3.14. The second-order valence-electron chi connectivity index (χ2n) is 5.48. The maximum absolute atomic E-state index is 12.9. The Morgan fingerprint density at radius 2 is 2.04 bits per heavy atom. The van der Waals surface area contributed by atoms with Crippen molar-refractivity contribution >= 4 is 5.91 Å². The van der Waals surface area contributed by atoms with Gasteiger partial charge in [0.1, 0.15) is 17.0 Å². The number of carbonyl (C=O) groups is 1. The first-order chi connectivity index (χ1) is 10.9. The molecule has 0 saturated carbocycles. The van der Waals surface area contributed by atoms with Crippen molar-refractivity contribution in [3.8, 4) is 17.7 Å². The second-order valence-corrected chi connectivity index (χ2v) is 5.48. The Kier molecular flexibility index (Phi) is 4.91. The van der Waals surface area contributed by atoms with Crippen LogP contribution in [-0.2, 0) is 11.3 Å². The molecule has 0 unspecified atom stereocenters. The normalized spacial score (nSPS) is 10.7. The molecule has 23 heavy (non-hydrogen) atoms. The number of nitriles is 1. The molecule has 118 valence electrons. The number of nitrogens with one attached hydrogen (secondary N) is 1. The molecule has 0 radical (unpaired) electrons. The minimum Gasteiger partial charge on any atom is -0.439 e. The van der Waals surface area contributed by atoms with Gasteiger partial charge in [0.2, 0.25) is 11.8 Å². The summed E-state index contributed by atoms with van der Waals surface area (Å²) in [5.74, 6) is 0.105. The molecule has 1 N–H and O–H groups in total. The topological polar surface area (TPSA) is 75.0 Å². The summed E-state index contributed by atoms with van der Waals surface area (Å²) >= 11 is 0. The van der Waals surface area contributed by atoms with Crippen molar-refractivity contribution < 1.29 is 13.9 Å². The van der Waals surface area contributed by atoms with Crippen molar-refractivity contribution in [3.05, 3.63) is 54.0 Å². The summed E-state index contributed by atoms with van der Waals surface area (Å²) in [6.07, 6.45) is 1.55. The summed E-state index contributed by atoms with van der Waals surface area (Å²) < 4.78 is 18.4. The lowest BCUT2D eigenvalue weighted by atomic mass is 9.95. The summed E-state index contributed by atoms with van der Waals surface area (Å²) in [7, 11) is 0. The molecule has 0 spiro atoms. The molecule has 0 aliphatic rings. The van der Waals surface area contributed by atoms with Crippen LogP contribution in [0.4, 0.5) is 4.39 Å². The Hall–Kier alpha value is -2.94. The highest BCUT2D eigenvalue weighted by molar-refractivity contribution is 5.84. The van der Waals surface area contributed by atoms with Gasteiger partial charge in [-0.1, -0.05) is 0 Å². The first-order valence-corrected chi connectivity index (χ1v) is 6.98. The van der Waals surface area contributed by atoms with Gasteiger partial charge in [-0.25, -0.2) is 9.37 Å². The zero-order valence-electron chi connectivity index (χ0n) is 12.8. The van der Waals surface area contributed by atoms with Gasteiger partial charge in [-0.3, -0.25) is 4.79 Å². The SMILES string of the molecule is CC(C)(C#N)C(=O)NCc1ccnc(Oc2ccc(F)cc2)c1. The van der Waals surface area contributed by atoms with Crippen molar-refractivity contribution in [1.29, 1.82) is 5.26 Å². The van der Waals surface area contributed by atoms with Gasteiger partial charge < -0.3 is 10.1 Å². The summed E-state index contributed by atoms with van der Waals surface area (Å²) in [6, 6.07) is 10.9. The highest BCUT2D eigenvalue weighted by Crippen LogP contribution is 2.20. The first-order valence-electron chi connectivity index (χ1n) is 6.98. The Morgan fingerprint density at radius 1 is 1.35 bits per heavy atom. The lowest BCUT2D eigenvalue weighted by Crippen LogP contribution is -2.35. The summed E-state index contributed by atoms with van der Waals surface area (Å²) in [6.45, 7) is 3.36. The molecular weight excluding hydrogens is 297 g/mol. The molecule has 0 saturated heterocycles. The van der Waals surface area contributed by atoms with Crippen LogP contribution >= 0.6 is 0 Å². The number of rotatable bonds is 5. The number of carbonyl (C=O) groups excluding carboxylic acids is 1. The number of pyridine rings is 1. The van der Waals surface area contributed by atoms with E-state index in [0.717, 1.165) is 5.56 Å². The number of aromatic nitrogens is 1. The van der Waals surface area contributed by atoms with Crippen molar-refractivity contribution in [1.82, 2.24) is 10.3 Å². The molecule has 1 amide bonds. The van der Waals surface area contributed by atoms with Crippen molar-refractivity contribution in [2.45, 2.75) is 20.4 Å². The average Bonchev–Trinajstić information content (AvgIpc) is 2.55. The lowest BCUT2D eigenvalue weighted by Gasteiger charge is -2.15. The average molecular weight is 313 g/mol. The Bertz CT molecular complexity index is 736. The van der Waals surface area contributed by atoms with Gasteiger partial charge in [0, 0.05) is 18.8 Å². The maximum Gasteiger partial charge on any atom is 0.240 e. The van der Waals surface area contributed by atoms with Gasteiger partial charge >= 0.3 is 0 Å². The van der Waals surface area contributed by atoms with Crippen LogP contribution in [0.5, 0.6) is 11.6 Å². The molecule has 1 heterocycles. The van der Waals surface area contributed by atoms with Gasteiger partial charge in [0.15, 0.2) is 0 Å². The van der Waals surface area contributed by atoms with E-state index < -0.39 is 5.41 Å². The van der Waals surface area contributed by atoms with E-state index in [-0.39, 0.29) is 18.3 Å². The van der Waals surface area contributed by atoms with Crippen molar-refractivity contribution in [2.24, 2.45) is 5.41 Å². The number of nitrogens with zero attached hydrogens (tertiary/aromatic N) is 2. The van der Waals surface area contributed by atoms with Crippen LogP contribution in [0.25, 0.3) is 0 Å². The first kappa shape index (κ1) is 16.4. The van der Waals surface area contributed by atoms with E-state index in [1.807, 2.05) is 6.07 Å². The van der Waals surface area contributed by atoms with Crippen molar-refractivity contribution in [3.63, 3.8) is 0 Å².